The molecule has 0 bridgehead atoms. The third-order valence-corrected chi connectivity index (χ3v) is 7.54. The van der Waals surface area contributed by atoms with E-state index in [4.69, 9.17) is 5.73 Å². The molecule has 0 aromatic heterocycles. The minimum Gasteiger partial charge on any atom is -0.675 e. The van der Waals surface area contributed by atoms with Crippen molar-refractivity contribution in [3.05, 3.63) is 127 Å². The van der Waals surface area contributed by atoms with Crippen LogP contribution < -0.4 is 5.19 Å². The quantitative estimate of drug-likeness (QED) is 0.193. The van der Waals surface area contributed by atoms with E-state index in [0.29, 0.717) is 5.92 Å². The minimum atomic E-state index is 0. The molecule has 0 spiro atoms. The van der Waals surface area contributed by atoms with Gasteiger partial charge in [-0.2, -0.15) is 11.1 Å². The van der Waals surface area contributed by atoms with Crippen molar-refractivity contribution in [2.75, 3.05) is 0 Å². The average Bonchev–Trinajstić information content (AvgIpc) is 3.14. The van der Waals surface area contributed by atoms with Crippen molar-refractivity contribution in [3.8, 4) is 11.1 Å². The van der Waals surface area contributed by atoms with E-state index in [0.717, 1.165) is 12.8 Å². The summed E-state index contributed by atoms with van der Waals surface area (Å²) in [7, 11) is 1.90. The second-order valence-electron chi connectivity index (χ2n) is 10.1. The van der Waals surface area contributed by atoms with Gasteiger partial charge in [0.25, 0.3) is 0 Å². The fraction of sp³-hybridized carbons (Fsp3) is 0.361. The third-order valence-electron chi connectivity index (χ3n) is 7.07. The number of hydrogen-bond acceptors (Lipinski definition) is 0. The monoisotopic (exact) mass is 613 g/mol. The van der Waals surface area contributed by atoms with Gasteiger partial charge in [0.1, 0.15) is 0 Å². The molecule has 206 valence electrons. The molecule has 1 atom stereocenters. The van der Waals surface area contributed by atoms with Gasteiger partial charge < -0.3 is 13.2 Å². The predicted molar refractivity (Wildman–Crippen MR) is 173 cm³/mol. The van der Waals surface area contributed by atoms with Crippen molar-refractivity contribution in [1.82, 2.24) is 0 Å². The number of benzene rings is 3. The second kappa shape index (κ2) is 22.0. The van der Waals surface area contributed by atoms with Crippen LogP contribution in [0.4, 0.5) is 0 Å². The summed E-state index contributed by atoms with van der Waals surface area (Å²) in [6, 6.07) is 31.4. The van der Waals surface area contributed by atoms with Crippen molar-refractivity contribution >= 4 is 15.4 Å². The van der Waals surface area contributed by atoms with Crippen LogP contribution in [0.3, 0.4) is 0 Å². The van der Waals surface area contributed by atoms with Crippen molar-refractivity contribution in [2.24, 2.45) is 5.92 Å². The van der Waals surface area contributed by atoms with Crippen LogP contribution in [0.2, 0.25) is 0 Å². The van der Waals surface area contributed by atoms with Crippen molar-refractivity contribution in [3.63, 3.8) is 0 Å². The molecule has 0 aliphatic heterocycles. The Kier molecular flexibility index (Phi) is 20.9. The van der Waals surface area contributed by atoms with Gasteiger partial charge in [-0.1, -0.05) is 168 Å². The first kappa shape index (κ1) is 37.2. The Morgan fingerprint density at radius 2 is 1.05 bits per heavy atom. The zero-order chi connectivity index (χ0) is 26.9. The number of rotatable bonds is 1. The summed E-state index contributed by atoms with van der Waals surface area (Å²) in [6.07, 6.45) is 12.4. The van der Waals surface area contributed by atoms with Gasteiger partial charge in [0.05, 0.1) is 0 Å². The largest absolute Gasteiger partial charge is 3.00 e. The van der Waals surface area contributed by atoms with E-state index in [1.54, 1.807) is 0 Å². The summed E-state index contributed by atoms with van der Waals surface area (Å²) in [5.74, 6) is 0.560. The Balaban J connectivity index is 0.000000494. The Morgan fingerprint density at radius 1 is 0.667 bits per heavy atom. The van der Waals surface area contributed by atoms with Crippen molar-refractivity contribution < 1.29 is 26.2 Å². The summed E-state index contributed by atoms with van der Waals surface area (Å²) < 4.78 is 0. The van der Waals surface area contributed by atoms with E-state index in [2.05, 4.69) is 94.4 Å². The van der Waals surface area contributed by atoms with Gasteiger partial charge >= 0.3 is 26.2 Å². The Morgan fingerprint density at radius 3 is 1.33 bits per heavy atom. The number of nitrogens with one attached hydrogen (secondary N) is 1. The van der Waals surface area contributed by atoms with Gasteiger partial charge in [-0.25, -0.2) is 5.57 Å². The normalized spacial score (nSPS) is 16.6. The fourth-order valence-corrected chi connectivity index (χ4v) is 4.63. The maximum atomic E-state index is 7.51. The molecule has 5 rings (SSSR count). The van der Waals surface area contributed by atoms with Gasteiger partial charge in [-0.15, -0.1) is 13.0 Å². The standard InChI is InChI=1S/C12H10.C9H13.C8H16N.C6H7Si.CH3.Zr/c1-3-7-11(8-4-1)12-9-5-2-6-10-12;1-6-5-7(2)9(4)8(6)3;9-8-6-4-2-1-3-5-7-8;7-6-4-2-1-3-5-6;;/h1-10H;6H,1-4H3;8-9H,1-7H2;1-5H,7H2;1H3;/q;2*-1;;-1;+3. The molecule has 3 aromatic carbocycles. The van der Waals surface area contributed by atoms with Crippen LogP contribution in [-0.4, -0.2) is 16.3 Å². The Labute approximate surface area is 263 Å². The summed E-state index contributed by atoms with van der Waals surface area (Å²) in [4.78, 5) is 0. The van der Waals surface area contributed by atoms with Crippen LogP contribution in [-0.2, 0) is 26.2 Å². The summed E-state index contributed by atoms with van der Waals surface area (Å²) in [6.45, 7) is 8.67. The smallest absolute Gasteiger partial charge is 0.675 e. The van der Waals surface area contributed by atoms with Crippen LogP contribution in [0.5, 0.6) is 0 Å². The molecule has 0 amide bonds. The van der Waals surface area contributed by atoms with Crippen molar-refractivity contribution in [2.45, 2.75) is 78.7 Å². The number of allylic oxidation sites excluding steroid dienone is 4. The van der Waals surface area contributed by atoms with Gasteiger partial charge in [-0.3, -0.25) is 6.08 Å². The Bertz CT molecular complexity index is 1020. The van der Waals surface area contributed by atoms with Gasteiger partial charge in [-0.05, 0) is 11.1 Å². The summed E-state index contributed by atoms with van der Waals surface area (Å²) in [5, 5.41) is 1.35. The molecule has 1 fully saturated rings. The molecule has 0 saturated heterocycles. The number of hydrogen-bond donors (Lipinski definition) is 0. The van der Waals surface area contributed by atoms with E-state index < -0.39 is 0 Å². The fourth-order valence-electron chi connectivity index (χ4n) is 4.36. The van der Waals surface area contributed by atoms with Crippen LogP contribution in [0.25, 0.3) is 16.9 Å². The molecule has 3 aromatic rings. The van der Waals surface area contributed by atoms with E-state index in [9.17, 15) is 0 Å². The van der Waals surface area contributed by atoms with Crippen molar-refractivity contribution in [1.29, 1.82) is 0 Å². The van der Waals surface area contributed by atoms with Crippen LogP contribution in [0.1, 0.15) is 72.6 Å². The molecular formula is C36H49NSiZr. The maximum absolute atomic E-state index is 7.51. The van der Waals surface area contributed by atoms with Gasteiger partial charge in [0, 0.05) is 10.2 Å². The molecule has 2 aliphatic carbocycles. The molecule has 0 heterocycles. The second-order valence-corrected chi connectivity index (χ2v) is 10.9. The zero-order valence-electron chi connectivity index (χ0n) is 25.0. The molecule has 2 radical (unpaired) electrons. The van der Waals surface area contributed by atoms with Gasteiger partial charge in [0.2, 0.25) is 0 Å². The first-order valence-corrected chi connectivity index (χ1v) is 14.6. The molecular weight excluding hydrogens is 566 g/mol. The van der Waals surface area contributed by atoms with Crippen LogP contribution in [0.15, 0.2) is 108 Å². The molecule has 1 unspecified atom stereocenters. The van der Waals surface area contributed by atoms with E-state index in [1.807, 2.05) is 40.6 Å². The van der Waals surface area contributed by atoms with Crippen LogP contribution >= 0.6 is 0 Å². The van der Waals surface area contributed by atoms with Crippen LogP contribution in [0, 0.1) is 19.4 Å². The zero-order valence-corrected chi connectivity index (χ0v) is 28.8. The molecule has 3 heteroatoms. The summed E-state index contributed by atoms with van der Waals surface area (Å²) >= 11 is 0. The molecule has 1 saturated carbocycles. The van der Waals surface area contributed by atoms with E-state index in [-0.39, 0.29) is 39.7 Å². The third kappa shape index (κ3) is 15.5. The SMILES string of the molecule is CC1=[C-]C(C)C(C)=C1C.[CH3-].[NH-]C1CCCCCCC1.[SiH2]c1ccccc1.[Zr+3].c1ccc(-c2ccccc2)cc1. The average molecular weight is 615 g/mol. The Hall–Kier alpha value is -1.80. The first-order valence-electron chi connectivity index (χ1n) is 13.8. The molecule has 1 nitrogen and oxygen atoms in total. The minimum absolute atomic E-state index is 0. The van der Waals surface area contributed by atoms with E-state index >= 15 is 0 Å². The predicted octanol–water partition coefficient (Wildman–Crippen LogP) is 9.62. The topological polar surface area (TPSA) is 23.8 Å². The first-order chi connectivity index (χ1) is 17.9. The maximum Gasteiger partial charge on any atom is 3.00 e. The molecule has 2 aliphatic rings. The molecule has 1 N–H and O–H groups in total. The van der Waals surface area contributed by atoms with E-state index in [1.165, 1.54) is 65.1 Å². The summed E-state index contributed by atoms with van der Waals surface area (Å²) in [5.41, 5.74) is 14.3. The van der Waals surface area contributed by atoms with Gasteiger partial charge in [0.15, 0.2) is 0 Å². The molecule has 39 heavy (non-hydrogen) atoms.